The van der Waals surface area contributed by atoms with Crippen LogP contribution in [0.2, 0.25) is 0 Å². The van der Waals surface area contributed by atoms with Crippen LogP contribution in [0.15, 0.2) is 30.3 Å². The van der Waals surface area contributed by atoms with Gasteiger partial charge in [0.15, 0.2) is 0 Å². The SMILES string of the molecule is C#CCNC(CC)c1ccccc1. The second-order valence-corrected chi connectivity index (χ2v) is 2.96. The van der Waals surface area contributed by atoms with Crippen LogP contribution in [-0.4, -0.2) is 6.54 Å². The van der Waals surface area contributed by atoms with Crippen LogP contribution in [0.25, 0.3) is 0 Å². The Labute approximate surface area is 80.2 Å². The lowest BCUT2D eigenvalue weighted by Crippen LogP contribution is -2.20. The van der Waals surface area contributed by atoms with Gasteiger partial charge in [0.25, 0.3) is 0 Å². The van der Waals surface area contributed by atoms with Crippen LogP contribution >= 0.6 is 0 Å². The second-order valence-electron chi connectivity index (χ2n) is 2.96. The van der Waals surface area contributed by atoms with Crippen molar-refractivity contribution in [2.45, 2.75) is 19.4 Å². The molecule has 0 saturated heterocycles. The van der Waals surface area contributed by atoms with E-state index in [4.69, 9.17) is 6.42 Å². The van der Waals surface area contributed by atoms with Gasteiger partial charge in [0, 0.05) is 6.04 Å². The molecule has 0 saturated carbocycles. The zero-order valence-electron chi connectivity index (χ0n) is 7.96. The molecule has 1 nitrogen and oxygen atoms in total. The fourth-order valence-corrected chi connectivity index (χ4v) is 1.37. The Hall–Kier alpha value is -1.26. The normalized spacial score (nSPS) is 12.0. The second kappa shape index (κ2) is 5.40. The molecule has 0 aromatic heterocycles. The number of terminal acetylenes is 1. The summed E-state index contributed by atoms with van der Waals surface area (Å²) in [5.41, 5.74) is 1.31. The van der Waals surface area contributed by atoms with Crippen LogP contribution in [0.5, 0.6) is 0 Å². The van der Waals surface area contributed by atoms with Crippen molar-refractivity contribution in [1.29, 1.82) is 0 Å². The first-order valence-electron chi connectivity index (χ1n) is 4.60. The highest BCUT2D eigenvalue weighted by Crippen LogP contribution is 2.14. The lowest BCUT2D eigenvalue weighted by atomic mass is 10.1. The minimum Gasteiger partial charge on any atom is -0.299 e. The molecule has 1 aromatic carbocycles. The summed E-state index contributed by atoms with van der Waals surface area (Å²) in [7, 11) is 0. The molecular formula is C12H15N. The van der Waals surface area contributed by atoms with Gasteiger partial charge < -0.3 is 0 Å². The zero-order valence-corrected chi connectivity index (χ0v) is 7.96. The summed E-state index contributed by atoms with van der Waals surface area (Å²) in [4.78, 5) is 0. The van der Waals surface area contributed by atoms with Gasteiger partial charge in [-0.05, 0) is 12.0 Å². The average molecular weight is 173 g/mol. The first kappa shape index (κ1) is 9.83. The molecule has 0 radical (unpaired) electrons. The number of rotatable bonds is 4. The van der Waals surface area contributed by atoms with Crippen molar-refractivity contribution in [2.75, 3.05) is 6.54 Å². The Morgan fingerprint density at radius 3 is 2.62 bits per heavy atom. The van der Waals surface area contributed by atoms with Gasteiger partial charge in [-0.1, -0.05) is 43.2 Å². The van der Waals surface area contributed by atoms with Crippen molar-refractivity contribution in [3.63, 3.8) is 0 Å². The molecule has 1 N–H and O–H groups in total. The quantitative estimate of drug-likeness (QED) is 0.689. The van der Waals surface area contributed by atoms with Gasteiger partial charge in [0.2, 0.25) is 0 Å². The molecule has 1 atom stereocenters. The van der Waals surface area contributed by atoms with Gasteiger partial charge >= 0.3 is 0 Å². The van der Waals surface area contributed by atoms with E-state index in [9.17, 15) is 0 Å². The number of nitrogens with one attached hydrogen (secondary N) is 1. The smallest absolute Gasteiger partial charge is 0.0578 e. The molecule has 0 fully saturated rings. The summed E-state index contributed by atoms with van der Waals surface area (Å²) in [6.07, 6.45) is 6.26. The minimum atomic E-state index is 0.386. The van der Waals surface area contributed by atoms with Gasteiger partial charge in [0.05, 0.1) is 6.54 Å². The molecule has 0 aliphatic rings. The fourth-order valence-electron chi connectivity index (χ4n) is 1.37. The van der Waals surface area contributed by atoms with E-state index in [1.54, 1.807) is 0 Å². The van der Waals surface area contributed by atoms with Crippen LogP contribution in [0, 0.1) is 12.3 Å². The number of hydrogen-bond donors (Lipinski definition) is 1. The highest BCUT2D eigenvalue weighted by atomic mass is 14.9. The summed E-state index contributed by atoms with van der Waals surface area (Å²) >= 11 is 0. The van der Waals surface area contributed by atoms with Crippen molar-refractivity contribution in [3.8, 4) is 12.3 Å². The maximum atomic E-state index is 5.20. The monoisotopic (exact) mass is 173 g/mol. The summed E-state index contributed by atoms with van der Waals surface area (Å²) in [5, 5.41) is 3.30. The van der Waals surface area contributed by atoms with Gasteiger partial charge in [0.1, 0.15) is 0 Å². The molecule has 0 heterocycles. The zero-order chi connectivity index (χ0) is 9.52. The lowest BCUT2D eigenvalue weighted by Gasteiger charge is -2.15. The highest BCUT2D eigenvalue weighted by molar-refractivity contribution is 5.18. The Balaban J connectivity index is 2.63. The molecule has 0 spiro atoms. The van der Waals surface area contributed by atoms with Crippen LogP contribution in [-0.2, 0) is 0 Å². The van der Waals surface area contributed by atoms with Crippen molar-refractivity contribution in [1.82, 2.24) is 5.32 Å². The van der Waals surface area contributed by atoms with Crippen LogP contribution in [0.1, 0.15) is 24.9 Å². The Kier molecular flexibility index (Phi) is 4.08. The summed E-state index contributed by atoms with van der Waals surface area (Å²) in [6, 6.07) is 10.8. The largest absolute Gasteiger partial charge is 0.299 e. The van der Waals surface area contributed by atoms with Crippen molar-refractivity contribution >= 4 is 0 Å². The van der Waals surface area contributed by atoms with Crippen LogP contribution < -0.4 is 5.32 Å². The Morgan fingerprint density at radius 1 is 1.38 bits per heavy atom. The molecule has 1 aromatic rings. The maximum Gasteiger partial charge on any atom is 0.0578 e. The first-order valence-corrected chi connectivity index (χ1v) is 4.60. The lowest BCUT2D eigenvalue weighted by molar-refractivity contribution is 0.555. The fraction of sp³-hybridized carbons (Fsp3) is 0.333. The molecular weight excluding hydrogens is 158 g/mol. The van der Waals surface area contributed by atoms with E-state index >= 15 is 0 Å². The minimum absolute atomic E-state index is 0.386. The molecule has 1 rings (SSSR count). The summed E-state index contributed by atoms with van der Waals surface area (Å²) < 4.78 is 0. The van der Waals surface area contributed by atoms with E-state index in [2.05, 4.69) is 42.4 Å². The topological polar surface area (TPSA) is 12.0 Å². The number of hydrogen-bond acceptors (Lipinski definition) is 1. The average Bonchev–Trinajstić information content (AvgIpc) is 2.21. The Bertz CT molecular complexity index is 271. The molecule has 13 heavy (non-hydrogen) atoms. The molecule has 1 unspecified atom stereocenters. The molecule has 0 bridgehead atoms. The standard InChI is InChI=1S/C12H15N/c1-3-10-13-12(4-2)11-8-6-5-7-9-11/h1,5-9,12-13H,4,10H2,2H3. The van der Waals surface area contributed by atoms with E-state index in [1.807, 2.05) is 6.07 Å². The predicted molar refractivity (Wildman–Crippen MR) is 56.3 cm³/mol. The van der Waals surface area contributed by atoms with Crippen molar-refractivity contribution in [2.24, 2.45) is 0 Å². The Morgan fingerprint density at radius 2 is 2.08 bits per heavy atom. The van der Waals surface area contributed by atoms with E-state index in [0.29, 0.717) is 12.6 Å². The molecule has 68 valence electrons. The molecule has 0 aliphatic heterocycles. The van der Waals surface area contributed by atoms with Gasteiger partial charge in [-0.15, -0.1) is 6.42 Å². The highest BCUT2D eigenvalue weighted by Gasteiger charge is 2.05. The number of benzene rings is 1. The van der Waals surface area contributed by atoms with Crippen molar-refractivity contribution in [3.05, 3.63) is 35.9 Å². The maximum absolute atomic E-state index is 5.20. The summed E-state index contributed by atoms with van der Waals surface area (Å²) in [5.74, 6) is 2.59. The van der Waals surface area contributed by atoms with E-state index in [0.717, 1.165) is 6.42 Å². The van der Waals surface area contributed by atoms with E-state index < -0.39 is 0 Å². The van der Waals surface area contributed by atoms with Gasteiger partial charge in [-0.25, -0.2) is 0 Å². The first-order chi connectivity index (χ1) is 6.38. The molecule has 0 aliphatic carbocycles. The summed E-state index contributed by atoms with van der Waals surface area (Å²) in [6.45, 7) is 2.79. The van der Waals surface area contributed by atoms with Crippen LogP contribution in [0.3, 0.4) is 0 Å². The third-order valence-corrected chi connectivity index (χ3v) is 2.06. The van der Waals surface area contributed by atoms with Gasteiger partial charge in [-0.3, -0.25) is 5.32 Å². The van der Waals surface area contributed by atoms with E-state index in [-0.39, 0.29) is 0 Å². The van der Waals surface area contributed by atoms with Crippen LogP contribution in [0.4, 0.5) is 0 Å². The van der Waals surface area contributed by atoms with Gasteiger partial charge in [-0.2, -0.15) is 0 Å². The van der Waals surface area contributed by atoms with Crippen molar-refractivity contribution < 1.29 is 0 Å². The third-order valence-electron chi connectivity index (χ3n) is 2.06. The molecule has 1 heteroatoms. The predicted octanol–water partition coefficient (Wildman–Crippen LogP) is 2.36. The third kappa shape index (κ3) is 2.93. The molecule has 0 amide bonds. The van der Waals surface area contributed by atoms with E-state index in [1.165, 1.54) is 5.56 Å².